The maximum Gasteiger partial charge on any atom is 0.337 e. The molecule has 1 aromatic carbocycles. The zero-order valence-electron chi connectivity index (χ0n) is 8.59. The molecule has 0 radical (unpaired) electrons. The molecule has 1 aromatic rings. The Morgan fingerprint density at radius 1 is 1.38 bits per heavy atom. The molecule has 2 fully saturated rings. The van der Waals surface area contributed by atoms with Gasteiger partial charge in [-0.15, -0.1) is 0 Å². The van der Waals surface area contributed by atoms with Gasteiger partial charge < -0.3 is 10.0 Å². The fourth-order valence-electron chi connectivity index (χ4n) is 2.38. The summed E-state index contributed by atoms with van der Waals surface area (Å²) < 4.78 is 0. The van der Waals surface area contributed by atoms with Gasteiger partial charge in [0.1, 0.15) is 0 Å². The first-order valence-corrected chi connectivity index (χ1v) is 5.32. The summed E-state index contributed by atoms with van der Waals surface area (Å²) in [7, 11) is 0. The van der Waals surface area contributed by atoms with E-state index in [4.69, 9.17) is 5.11 Å². The number of nitrogens with zero attached hydrogens (tertiary/aromatic N) is 1. The van der Waals surface area contributed by atoms with Gasteiger partial charge in [-0.2, -0.15) is 0 Å². The Labute approximate surface area is 92.5 Å². The number of carboxylic acid groups (broad SMARTS) is 1. The molecule has 1 N–H and O–H groups in total. The van der Waals surface area contributed by atoms with Crippen molar-refractivity contribution < 1.29 is 14.7 Å². The molecular weight excluding hydrogens is 206 g/mol. The van der Waals surface area contributed by atoms with Crippen molar-refractivity contribution in [1.29, 1.82) is 0 Å². The summed E-state index contributed by atoms with van der Waals surface area (Å²) in [6.45, 7) is 0.674. The van der Waals surface area contributed by atoms with E-state index in [2.05, 4.69) is 0 Å². The number of carboxylic acids is 1. The normalized spacial score (nSPS) is 26.8. The molecule has 2 unspecified atom stereocenters. The first kappa shape index (κ1) is 9.39. The van der Waals surface area contributed by atoms with Gasteiger partial charge in [-0.3, -0.25) is 4.79 Å². The maximum absolute atomic E-state index is 11.9. The van der Waals surface area contributed by atoms with E-state index in [-0.39, 0.29) is 17.4 Å². The fourth-order valence-corrected chi connectivity index (χ4v) is 2.38. The number of anilines is 1. The molecule has 1 saturated carbocycles. The molecule has 0 spiro atoms. The van der Waals surface area contributed by atoms with E-state index in [1.54, 1.807) is 23.1 Å². The lowest BCUT2D eigenvalue weighted by Crippen LogP contribution is -2.29. The minimum atomic E-state index is -0.982. The Morgan fingerprint density at radius 2 is 2.12 bits per heavy atom. The van der Waals surface area contributed by atoms with Crippen LogP contribution in [0.3, 0.4) is 0 Å². The summed E-state index contributed by atoms with van der Waals surface area (Å²) in [5.41, 5.74) is 0.740. The third kappa shape index (κ3) is 1.23. The van der Waals surface area contributed by atoms with Gasteiger partial charge in [-0.25, -0.2) is 4.79 Å². The van der Waals surface area contributed by atoms with Gasteiger partial charge in [0.05, 0.1) is 11.3 Å². The summed E-state index contributed by atoms with van der Waals surface area (Å²) in [6, 6.07) is 6.67. The fraction of sp³-hybridized carbons (Fsp3) is 0.333. The van der Waals surface area contributed by atoms with Gasteiger partial charge >= 0.3 is 5.97 Å². The number of rotatable bonds is 2. The number of para-hydroxylation sites is 1. The number of hydrogen-bond donors (Lipinski definition) is 1. The lowest BCUT2D eigenvalue weighted by molar-refractivity contribution is -0.118. The highest BCUT2D eigenvalue weighted by molar-refractivity contribution is 6.05. The van der Waals surface area contributed by atoms with Crippen molar-refractivity contribution >= 4 is 17.6 Å². The first-order chi connectivity index (χ1) is 7.68. The summed E-state index contributed by atoms with van der Waals surface area (Å²) in [4.78, 5) is 24.5. The molecule has 3 rings (SSSR count). The number of amides is 1. The van der Waals surface area contributed by atoms with Crippen molar-refractivity contribution in [2.45, 2.75) is 6.42 Å². The Bertz CT molecular complexity index is 483. The third-order valence-corrected chi connectivity index (χ3v) is 3.35. The van der Waals surface area contributed by atoms with Crippen LogP contribution in [0.5, 0.6) is 0 Å². The second kappa shape index (κ2) is 3.07. The van der Waals surface area contributed by atoms with Crippen LogP contribution in [0.1, 0.15) is 16.8 Å². The molecule has 4 nitrogen and oxygen atoms in total. The van der Waals surface area contributed by atoms with Crippen LogP contribution < -0.4 is 4.90 Å². The number of carbonyl (C=O) groups excluding carboxylic acids is 1. The van der Waals surface area contributed by atoms with Crippen molar-refractivity contribution in [2.24, 2.45) is 11.8 Å². The highest BCUT2D eigenvalue weighted by atomic mass is 16.4. The average Bonchev–Trinajstić information content (AvgIpc) is 2.98. The van der Waals surface area contributed by atoms with Gasteiger partial charge in [0.2, 0.25) is 5.91 Å². The highest BCUT2D eigenvalue weighted by Crippen LogP contribution is 2.47. The van der Waals surface area contributed by atoms with E-state index < -0.39 is 5.97 Å². The standard InChI is InChI=1S/C12H11NO3/c14-11-9-5-7(9)6-13(11)10-4-2-1-3-8(10)12(15)16/h1-4,7,9H,5-6H2,(H,15,16). The molecular formula is C12H11NO3. The van der Waals surface area contributed by atoms with E-state index in [9.17, 15) is 9.59 Å². The summed E-state index contributed by atoms with van der Waals surface area (Å²) in [6.07, 6.45) is 0.977. The summed E-state index contributed by atoms with van der Waals surface area (Å²) in [5, 5.41) is 9.05. The number of piperidine rings is 1. The molecule has 2 aliphatic rings. The maximum atomic E-state index is 11.9. The Morgan fingerprint density at radius 3 is 2.75 bits per heavy atom. The molecule has 1 heterocycles. The second-order valence-electron chi connectivity index (χ2n) is 4.37. The predicted octanol–water partition coefficient (Wildman–Crippen LogP) is 1.37. The van der Waals surface area contributed by atoms with E-state index in [0.29, 0.717) is 18.2 Å². The van der Waals surface area contributed by atoms with Gasteiger partial charge in [0, 0.05) is 12.5 Å². The zero-order chi connectivity index (χ0) is 11.3. The molecule has 16 heavy (non-hydrogen) atoms. The second-order valence-corrected chi connectivity index (χ2v) is 4.37. The van der Waals surface area contributed by atoms with Crippen LogP contribution in [0, 0.1) is 11.8 Å². The predicted molar refractivity (Wildman–Crippen MR) is 57.4 cm³/mol. The lowest BCUT2D eigenvalue weighted by Gasteiger charge is -2.20. The van der Waals surface area contributed by atoms with Crippen LogP contribution in [0.15, 0.2) is 24.3 Å². The number of aromatic carboxylic acids is 1. The van der Waals surface area contributed by atoms with E-state index in [1.165, 1.54) is 6.07 Å². The lowest BCUT2D eigenvalue weighted by atomic mass is 10.1. The van der Waals surface area contributed by atoms with Crippen LogP contribution in [0.25, 0.3) is 0 Å². The molecule has 1 amide bonds. The molecule has 0 bridgehead atoms. The van der Waals surface area contributed by atoms with Crippen LogP contribution in [0.2, 0.25) is 0 Å². The smallest absolute Gasteiger partial charge is 0.337 e. The molecule has 4 heteroatoms. The molecule has 2 atom stereocenters. The first-order valence-electron chi connectivity index (χ1n) is 5.32. The van der Waals surface area contributed by atoms with Crippen molar-refractivity contribution in [1.82, 2.24) is 0 Å². The monoisotopic (exact) mass is 217 g/mol. The topological polar surface area (TPSA) is 57.6 Å². The van der Waals surface area contributed by atoms with Crippen molar-refractivity contribution in [3.05, 3.63) is 29.8 Å². The van der Waals surface area contributed by atoms with Gasteiger partial charge in [0.15, 0.2) is 0 Å². The molecule has 1 aliphatic carbocycles. The Hall–Kier alpha value is -1.84. The molecule has 1 saturated heterocycles. The quantitative estimate of drug-likeness (QED) is 0.813. The van der Waals surface area contributed by atoms with Crippen molar-refractivity contribution in [3.8, 4) is 0 Å². The number of hydrogen-bond acceptors (Lipinski definition) is 2. The SMILES string of the molecule is O=C(O)c1ccccc1N1CC2CC2C1=O. The molecule has 1 aliphatic heterocycles. The van der Waals surface area contributed by atoms with Crippen LogP contribution in [-0.4, -0.2) is 23.5 Å². The minimum absolute atomic E-state index is 0.0821. The Balaban J connectivity index is 2.00. The van der Waals surface area contributed by atoms with Crippen LogP contribution in [0.4, 0.5) is 5.69 Å². The van der Waals surface area contributed by atoms with Gasteiger partial charge in [0.25, 0.3) is 0 Å². The van der Waals surface area contributed by atoms with Crippen LogP contribution >= 0.6 is 0 Å². The summed E-state index contributed by atoms with van der Waals surface area (Å²) in [5.74, 6) is -0.293. The number of benzene rings is 1. The minimum Gasteiger partial charge on any atom is -0.478 e. The highest BCUT2D eigenvalue weighted by Gasteiger charge is 2.52. The van der Waals surface area contributed by atoms with Crippen molar-refractivity contribution in [3.63, 3.8) is 0 Å². The van der Waals surface area contributed by atoms with Gasteiger partial charge in [-0.05, 0) is 24.5 Å². The van der Waals surface area contributed by atoms with Gasteiger partial charge in [-0.1, -0.05) is 12.1 Å². The number of fused-ring (bicyclic) bond motifs is 1. The van der Waals surface area contributed by atoms with E-state index in [0.717, 1.165) is 6.42 Å². The van der Waals surface area contributed by atoms with E-state index in [1.807, 2.05) is 0 Å². The van der Waals surface area contributed by atoms with Crippen molar-refractivity contribution in [2.75, 3.05) is 11.4 Å². The Kier molecular flexibility index (Phi) is 1.80. The van der Waals surface area contributed by atoms with Crippen LogP contribution in [-0.2, 0) is 4.79 Å². The average molecular weight is 217 g/mol. The zero-order valence-corrected chi connectivity index (χ0v) is 8.59. The number of carbonyl (C=O) groups is 2. The molecule has 0 aromatic heterocycles. The summed E-state index contributed by atoms with van der Waals surface area (Å²) >= 11 is 0. The van der Waals surface area contributed by atoms with E-state index >= 15 is 0 Å². The largest absolute Gasteiger partial charge is 0.478 e. The third-order valence-electron chi connectivity index (χ3n) is 3.35. The molecule has 82 valence electrons.